The van der Waals surface area contributed by atoms with Gasteiger partial charge in [0.1, 0.15) is 6.04 Å². The molecule has 1 N–H and O–H groups in total. The molecule has 1 aromatic rings. The molecule has 0 radical (unpaired) electrons. The van der Waals surface area contributed by atoms with Gasteiger partial charge in [0, 0.05) is 38.1 Å². The van der Waals surface area contributed by atoms with Gasteiger partial charge in [-0.1, -0.05) is 0 Å². The lowest BCUT2D eigenvalue weighted by molar-refractivity contribution is -0.130. The van der Waals surface area contributed by atoms with Gasteiger partial charge in [0.25, 0.3) is 0 Å². The first-order chi connectivity index (χ1) is 10.5. The molecule has 0 aliphatic carbocycles. The molecule has 2 rings (SSSR count). The number of likely N-dealkylation sites (tertiary alicyclic amines) is 1. The summed E-state index contributed by atoms with van der Waals surface area (Å²) in [6.07, 6.45) is 5.19. The zero-order valence-electron chi connectivity index (χ0n) is 13.2. The highest BCUT2D eigenvalue weighted by Gasteiger charge is 2.27. The lowest BCUT2D eigenvalue weighted by Gasteiger charge is -2.19. The third-order valence-corrected chi connectivity index (χ3v) is 3.96. The van der Waals surface area contributed by atoms with Gasteiger partial charge in [-0.2, -0.15) is 5.26 Å². The largest absolute Gasteiger partial charge is 0.328 e. The Morgan fingerprint density at radius 3 is 2.91 bits per heavy atom. The second-order valence-electron chi connectivity index (χ2n) is 5.83. The number of imidazole rings is 1. The molecule has 1 amide bonds. The standard InChI is InChI=1S/C15H23N5O2/c1-12(2)19-9-8-18(15(19)22)7-5-17-11-14(21)20-6-3-4-13(20)10-16/h8-9,12-13,17H,3-7,11H2,1-2H3. The Kier molecular flexibility index (Phi) is 5.39. The molecule has 1 aliphatic rings. The van der Waals surface area contributed by atoms with E-state index in [-0.39, 0.29) is 30.2 Å². The van der Waals surface area contributed by atoms with Crippen molar-refractivity contribution in [2.75, 3.05) is 19.6 Å². The van der Waals surface area contributed by atoms with Crippen LogP contribution in [0.15, 0.2) is 17.2 Å². The summed E-state index contributed by atoms with van der Waals surface area (Å²) in [5, 5.41) is 12.0. The van der Waals surface area contributed by atoms with Gasteiger partial charge in [-0.15, -0.1) is 0 Å². The van der Waals surface area contributed by atoms with Crippen molar-refractivity contribution in [1.29, 1.82) is 5.26 Å². The van der Waals surface area contributed by atoms with E-state index in [0.717, 1.165) is 12.8 Å². The lowest BCUT2D eigenvalue weighted by Crippen LogP contribution is -2.41. The molecule has 1 aromatic heterocycles. The number of carbonyl (C=O) groups is 1. The van der Waals surface area contributed by atoms with E-state index in [4.69, 9.17) is 5.26 Å². The van der Waals surface area contributed by atoms with Crippen LogP contribution in [-0.2, 0) is 11.3 Å². The Hall–Kier alpha value is -2.07. The van der Waals surface area contributed by atoms with Crippen molar-refractivity contribution in [2.24, 2.45) is 0 Å². The van der Waals surface area contributed by atoms with E-state index < -0.39 is 0 Å². The van der Waals surface area contributed by atoms with Gasteiger partial charge < -0.3 is 10.2 Å². The molecule has 1 unspecified atom stereocenters. The highest BCUT2D eigenvalue weighted by molar-refractivity contribution is 5.79. The number of nitrogens with zero attached hydrogens (tertiary/aromatic N) is 4. The van der Waals surface area contributed by atoms with Crippen LogP contribution in [0.2, 0.25) is 0 Å². The van der Waals surface area contributed by atoms with Crippen LogP contribution in [0.4, 0.5) is 0 Å². The van der Waals surface area contributed by atoms with E-state index >= 15 is 0 Å². The first-order valence-electron chi connectivity index (χ1n) is 7.71. The molecule has 120 valence electrons. The molecule has 0 bridgehead atoms. The van der Waals surface area contributed by atoms with Crippen LogP contribution in [0.1, 0.15) is 32.7 Å². The van der Waals surface area contributed by atoms with Crippen molar-refractivity contribution in [3.63, 3.8) is 0 Å². The molecule has 0 aromatic carbocycles. The Labute approximate surface area is 130 Å². The molecule has 1 aliphatic heterocycles. The number of carbonyl (C=O) groups excluding carboxylic acids is 1. The van der Waals surface area contributed by atoms with Crippen molar-refractivity contribution >= 4 is 5.91 Å². The monoisotopic (exact) mass is 305 g/mol. The SMILES string of the molecule is CC(C)n1ccn(CCNCC(=O)N2CCCC2C#N)c1=O. The second-order valence-corrected chi connectivity index (χ2v) is 5.83. The van der Waals surface area contributed by atoms with E-state index in [2.05, 4.69) is 11.4 Å². The molecule has 0 spiro atoms. The highest BCUT2D eigenvalue weighted by Crippen LogP contribution is 2.15. The summed E-state index contributed by atoms with van der Waals surface area (Å²) in [5.74, 6) is -0.0452. The highest BCUT2D eigenvalue weighted by atomic mass is 16.2. The van der Waals surface area contributed by atoms with E-state index in [1.807, 2.05) is 13.8 Å². The number of nitriles is 1. The van der Waals surface area contributed by atoms with Crippen LogP contribution in [0.5, 0.6) is 0 Å². The maximum Gasteiger partial charge on any atom is 0.328 e. The van der Waals surface area contributed by atoms with Crippen LogP contribution in [0.3, 0.4) is 0 Å². The normalized spacial score (nSPS) is 17.9. The first-order valence-corrected chi connectivity index (χ1v) is 7.71. The lowest BCUT2D eigenvalue weighted by atomic mass is 10.2. The van der Waals surface area contributed by atoms with Crippen LogP contribution in [0, 0.1) is 11.3 Å². The maximum absolute atomic E-state index is 12.0. The topological polar surface area (TPSA) is 83.1 Å². The summed E-state index contributed by atoms with van der Waals surface area (Å²) in [4.78, 5) is 25.7. The van der Waals surface area contributed by atoms with Crippen molar-refractivity contribution in [3.05, 3.63) is 22.9 Å². The quantitative estimate of drug-likeness (QED) is 0.768. The predicted molar refractivity (Wildman–Crippen MR) is 82.3 cm³/mol. The molecular weight excluding hydrogens is 282 g/mol. The molecule has 2 heterocycles. The van der Waals surface area contributed by atoms with Crippen molar-refractivity contribution in [2.45, 2.75) is 45.3 Å². The predicted octanol–water partition coefficient (Wildman–Crippen LogP) is 0.335. The second kappa shape index (κ2) is 7.27. The zero-order valence-corrected chi connectivity index (χ0v) is 13.2. The number of aromatic nitrogens is 2. The average molecular weight is 305 g/mol. The first kappa shape index (κ1) is 16.3. The van der Waals surface area contributed by atoms with E-state index in [1.165, 1.54) is 0 Å². The molecule has 7 heteroatoms. The fourth-order valence-corrected chi connectivity index (χ4v) is 2.69. The minimum atomic E-state index is -0.281. The van der Waals surface area contributed by atoms with Gasteiger partial charge in [-0.3, -0.25) is 13.9 Å². The summed E-state index contributed by atoms with van der Waals surface area (Å²) < 4.78 is 3.30. The Bertz CT molecular complexity index is 610. The Morgan fingerprint density at radius 2 is 2.27 bits per heavy atom. The smallest absolute Gasteiger partial charge is 0.326 e. The van der Waals surface area contributed by atoms with Gasteiger partial charge in [-0.05, 0) is 26.7 Å². The van der Waals surface area contributed by atoms with Gasteiger partial charge in [0.2, 0.25) is 5.91 Å². The van der Waals surface area contributed by atoms with E-state index in [1.54, 1.807) is 26.4 Å². The van der Waals surface area contributed by atoms with Crippen molar-refractivity contribution < 1.29 is 4.79 Å². The summed E-state index contributed by atoms with van der Waals surface area (Å²) in [5.41, 5.74) is -0.0350. The summed E-state index contributed by atoms with van der Waals surface area (Å²) in [6, 6.07) is 2.02. The number of rotatable bonds is 6. The van der Waals surface area contributed by atoms with Crippen molar-refractivity contribution in [1.82, 2.24) is 19.4 Å². The molecule has 1 saturated heterocycles. The fraction of sp³-hybridized carbons (Fsp3) is 0.667. The fourth-order valence-electron chi connectivity index (χ4n) is 2.69. The van der Waals surface area contributed by atoms with Gasteiger partial charge in [0.15, 0.2) is 0 Å². The molecule has 0 saturated carbocycles. The van der Waals surface area contributed by atoms with E-state index in [0.29, 0.717) is 19.6 Å². The summed E-state index contributed by atoms with van der Waals surface area (Å²) in [7, 11) is 0. The molecule has 7 nitrogen and oxygen atoms in total. The van der Waals surface area contributed by atoms with Crippen LogP contribution in [-0.4, -0.2) is 45.6 Å². The molecule has 22 heavy (non-hydrogen) atoms. The molecule has 1 atom stereocenters. The van der Waals surface area contributed by atoms with E-state index in [9.17, 15) is 9.59 Å². The molecule has 1 fully saturated rings. The zero-order chi connectivity index (χ0) is 16.1. The van der Waals surface area contributed by atoms with Crippen LogP contribution < -0.4 is 11.0 Å². The molecular formula is C15H23N5O2. The van der Waals surface area contributed by atoms with Crippen molar-refractivity contribution in [3.8, 4) is 6.07 Å². The minimum Gasteiger partial charge on any atom is -0.326 e. The third kappa shape index (κ3) is 3.57. The minimum absolute atomic E-state index is 0.0350. The van der Waals surface area contributed by atoms with Gasteiger partial charge in [-0.25, -0.2) is 4.79 Å². The average Bonchev–Trinajstić information content (AvgIpc) is 3.10. The number of amides is 1. The third-order valence-electron chi connectivity index (χ3n) is 3.96. The van der Waals surface area contributed by atoms with Gasteiger partial charge >= 0.3 is 5.69 Å². The van der Waals surface area contributed by atoms with Crippen LogP contribution in [0.25, 0.3) is 0 Å². The summed E-state index contributed by atoms with van der Waals surface area (Å²) >= 11 is 0. The van der Waals surface area contributed by atoms with Gasteiger partial charge in [0.05, 0.1) is 12.6 Å². The Morgan fingerprint density at radius 1 is 1.50 bits per heavy atom. The van der Waals surface area contributed by atoms with Crippen LogP contribution >= 0.6 is 0 Å². The maximum atomic E-state index is 12.0. The number of hydrogen-bond donors (Lipinski definition) is 1. The summed E-state index contributed by atoms with van der Waals surface area (Å²) in [6.45, 7) is 5.86. The number of hydrogen-bond acceptors (Lipinski definition) is 4. The Balaban J connectivity index is 1.77. The number of nitrogens with one attached hydrogen (secondary N) is 1.